The predicted octanol–water partition coefficient (Wildman–Crippen LogP) is 3.26. The van der Waals surface area contributed by atoms with Crippen molar-refractivity contribution in [1.82, 2.24) is 4.98 Å². The summed E-state index contributed by atoms with van der Waals surface area (Å²) in [6, 6.07) is 12.1. The Morgan fingerprint density at radius 1 is 1.13 bits per heavy atom. The summed E-state index contributed by atoms with van der Waals surface area (Å²) in [7, 11) is 0. The van der Waals surface area contributed by atoms with Crippen molar-refractivity contribution in [1.29, 1.82) is 0 Å². The number of thiazole rings is 1. The summed E-state index contributed by atoms with van der Waals surface area (Å²) in [6.07, 6.45) is 0.805. The molecule has 0 amide bonds. The van der Waals surface area contributed by atoms with Gasteiger partial charge in [0.05, 0.1) is 10.2 Å². The van der Waals surface area contributed by atoms with Gasteiger partial charge in [-0.1, -0.05) is 30.3 Å². The highest BCUT2D eigenvalue weighted by atomic mass is 32.1. The van der Waals surface area contributed by atoms with Gasteiger partial charge in [-0.2, -0.15) is 0 Å². The number of aromatic nitrogens is 1. The first kappa shape index (κ1) is 8.56. The van der Waals surface area contributed by atoms with Crippen molar-refractivity contribution >= 4 is 38.6 Å². The molecule has 0 bridgehead atoms. The lowest BCUT2D eigenvalue weighted by Crippen LogP contribution is -1.76. The first-order valence-corrected chi connectivity index (χ1v) is 5.43. The van der Waals surface area contributed by atoms with Crippen LogP contribution in [-0.2, 0) is 0 Å². The highest BCUT2D eigenvalue weighted by Crippen LogP contribution is 2.28. The molecule has 0 N–H and O–H groups in total. The van der Waals surface area contributed by atoms with E-state index in [0.717, 1.165) is 27.3 Å². The number of carbonyl (C=O) groups excluding carboxylic acids is 1. The van der Waals surface area contributed by atoms with Crippen molar-refractivity contribution < 1.29 is 4.79 Å². The van der Waals surface area contributed by atoms with Crippen molar-refractivity contribution in [3.8, 4) is 0 Å². The molecule has 3 aromatic rings. The normalized spacial score (nSPS) is 10.9. The van der Waals surface area contributed by atoms with E-state index in [-0.39, 0.29) is 0 Å². The van der Waals surface area contributed by atoms with E-state index in [9.17, 15) is 4.79 Å². The lowest BCUT2D eigenvalue weighted by Gasteiger charge is -1.96. The van der Waals surface area contributed by atoms with Gasteiger partial charge >= 0.3 is 0 Å². The molecule has 0 saturated carbocycles. The third-order valence-electron chi connectivity index (χ3n) is 2.40. The van der Waals surface area contributed by atoms with Gasteiger partial charge in [0.25, 0.3) is 0 Å². The molecule has 0 unspecified atom stereocenters. The monoisotopic (exact) mass is 213 g/mol. The SMILES string of the molecule is O=Cc1nc2c(ccc3ccccc32)s1. The molecule has 0 aliphatic rings. The van der Waals surface area contributed by atoms with E-state index < -0.39 is 0 Å². The number of benzene rings is 2. The van der Waals surface area contributed by atoms with Crippen LogP contribution in [0.15, 0.2) is 36.4 Å². The van der Waals surface area contributed by atoms with E-state index in [1.54, 1.807) is 0 Å². The van der Waals surface area contributed by atoms with Gasteiger partial charge in [-0.05, 0) is 11.5 Å². The van der Waals surface area contributed by atoms with Crippen molar-refractivity contribution in [2.24, 2.45) is 0 Å². The van der Waals surface area contributed by atoms with Crippen LogP contribution in [0.25, 0.3) is 21.0 Å². The zero-order chi connectivity index (χ0) is 10.3. The Hall–Kier alpha value is -1.74. The quantitative estimate of drug-likeness (QED) is 0.581. The van der Waals surface area contributed by atoms with E-state index in [2.05, 4.69) is 17.1 Å². The molecule has 1 aromatic heterocycles. The largest absolute Gasteiger partial charge is 0.295 e. The van der Waals surface area contributed by atoms with Gasteiger partial charge in [0.1, 0.15) is 0 Å². The highest BCUT2D eigenvalue weighted by Gasteiger charge is 2.05. The zero-order valence-electron chi connectivity index (χ0n) is 7.81. The number of aldehydes is 1. The fraction of sp³-hybridized carbons (Fsp3) is 0. The summed E-state index contributed by atoms with van der Waals surface area (Å²) in [5.41, 5.74) is 0.931. The molecule has 3 rings (SSSR count). The minimum absolute atomic E-state index is 0.543. The number of fused-ring (bicyclic) bond motifs is 3. The van der Waals surface area contributed by atoms with E-state index in [4.69, 9.17) is 0 Å². The highest BCUT2D eigenvalue weighted by molar-refractivity contribution is 7.20. The van der Waals surface area contributed by atoms with Gasteiger partial charge in [0, 0.05) is 5.39 Å². The number of hydrogen-bond acceptors (Lipinski definition) is 3. The van der Waals surface area contributed by atoms with Crippen molar-refractivity contribution in [3.05, 3.63) is 41.4 Å². The first-order chi connectivity index (χ1) is 7.38. The molecule has 2 nitrogen and oxygen atoms in total. The number of nitrogens with zero attached hydrogens (tertiary/aromatic N) is 1. The van der Waals surface area contributed by atoms with E-state index in [1.807, 2.05) is 24.3 Å². The molecule has 1 heterocycles. The Labute approximate surface area is 90.2 Å². The molecule has 0 radical (unpaired) electrons. The van der Waals surface area contributed by atoms with Crippen molar-refractivity contribution in [2.45, 2.75) is 0 Å². The van der Waals surface area contributed by atoms with E-state index in [0.29, 0.717) is 5.01 Å². The molecular formula is C12H7NOS. The van der Waals surface area contributed by atoms with Gasteiger partial charge in [-0.25, -0.2) is 4.98 Å². The van der Waals surface area contributed by atoms with Gasteiger partial charge in [-0.15, -0.1) is 11.3 Å². The summed E-state index contributed by atoms with van der Waals surface area (Å²) in [4.78, 5) is 15.0. The minimum atomic E-state index is 0.543. The molecule has 0 spiro atoms. The average Bonchev–Trinajstić information content (AvgIpc) is 2.72. The van der Waals surface area contributed by atoms with Crippen LogP contribution >= 0.6 is 11.3 Å². The molecule has 0 atom stereocenters. The van der Waals surface area contributed by atoms with Gasteiger partial charge < -0.3 is 0 Å². The molecule has 15 heavy (non-hydrogen) atoms. The second kappa shape index (κ2) is 3.14. The minimum Gasteiger partial charge on any atom is -0.295 e. The predicted molar refractivity (Wildman–Crippen MR) is 62.5 cm³/mol. The summed E-state index contributed by atoms with van der Waals surface area (Å²) >= 11 is 1.43. The smallest absolute Gasteiger partial charge is 0.178 e. The summed E-state index contributed by atoms with van der Waals surface area (Å²) < 4.78 is 1.07. The van der Waals surface area contributed by atoms with Crippen LogP contribution in [0.4, 0.5) is 0 Å². The van der Waals surface area contributed by atoms with Crippen LogP contribution in [0.5, 0.6) is 0 Å². The fourth-order valence-electron chi connectivity index (χ4n) is 1.73. The van der Waals surface area contributed by atoms with Crippen molar-refractivity contribution in [3.63, 3.8) is 0 Å². The second-order valence-corrected chi connectivity index (χ2v) is 4.37. The maximum Gasteiger partial charge on any atom is 0.178 e. The van der Waals surface area contributed by atoms with Gasteiger partial charge in [0.15, 0.2) is 11.3 Å². The first-order valence-electron chi connectivity index (χ1n) is 4.62. The average molecular weight is 213 g/mol. The number of carbonyl (C=O) groups is 1. The second-order valence-electron chi connectivity index (χ2n) is 3.30. The van der Waals surface area contributed by atoms with Crippen LogP contribution < -0.4 is 0 Å². The van der Waals surface area contributed by atoms with Crippen LogP contribution in [0, 0.1) is 0 Å². The third kappa shape index (κ3) is 1.24. The summed E-state index contributed by atoms with van der Waals surface area (Å²) in [5.74, 6) is 0. The molecule has 0 aliphatic carbocycles. The molecule has 2 aromatic carbocycles. The van der Waals surface area contributed by atoms with Crippen LogP contribution in [0.2, 0.25) is 0 Å². The summed E-state index contributed by atoms with van der Waals surface area (Å²) in [5, 5.41) is 2.81. The van der Waals surface area contributed by atoms with E-state index in [1.165, 1.54) is 11.3 Å². The van der Waals surface area contributed by atoms with Gasteiger partial charge in [-0.3, -0.25) is 4.79 Å². The lowest BCUT2D eigenvalue weighted by molar-refractivity contribution is 0.112. The molecular weight excluding hydrogens is 206 g/mol. The molecule has 72 valence electrons. The van der Waals surface area contributed by atoms with Crippen molar-refractivity contribution in [2.75, 3.05) is 0 Å². The van der Waals surface area contributed by atoms with Crippen LogP contribution in [-0.4, -0.2) is 11.3 Å². The standard InChI is InChI=1S/C12H7NOS/c14-7-11-13-12-9-4-2-1-3-8(9)5-6-10(12)15-11/h1-7H. The Morgan fingerprint density at radius 2 is 2.00 bits per heavy atom. The number of hydrogen-bond donors (Lipinski definition) is 0. The lowest BCUT2D eigenvalue weighted by atomic mass is 10.1. The topological polar surface area (TPSA) is 30.0 Å². The summed E-state index contributed by atoms with van der Waals surface area (Å²) in [6.45, 7) is 0. The Kier molecular flexibility index (Phi) is 1.79. The van der Waals surface area contributed by atoms with Crippen LogP contribution in [0.1, 0.15) is 9.80 Å². The van der Waals surface area contributed by atoms with E-state index >= 15 is 0 Å². The number of rotatable bonds is 1. The molecule has 0 saturated heterocycles. The third-order valence-corrected chi connectivity index (χ3v) is 3.35. The molecule has 0 fully saturated rings. The Balaban J connectivity index is 2.52. The van der Waals surface area contributed by atoms with Crippen LogP contribution in [0.3, 0.4) is 0 Å². The maximum atomic E-state index is 10.7. The zero-order valence-corrected chi connectivity index (χ0v) is 8.62. The molecule has 3 heteroatoms. The Morgan fingerprint density at radius 3 is 2.87 bits per heavy atom. The fourth-order valence-corrected chi connectivity index (χ4v) is 2.53. The van der Waals surface area contributed by atoms with Gasteiger partial charge in [0.2, 0.25) is 0 Å². The maximum absolute atomic E-state index is 10.7. The Bertz CT molecular complexity index is 657. The molecule has 0 aliphatic heterocycles.